The molecule has 64 heavy (non-hydrogen) atoms. The van der Waals surface area contributed by atoms with Crippen LogP contribution in [0.3, 0.4) is 0 Å². The second kappa shape index (κ2) is 14.8. The second-order valence-electron chi connectivity index (χ2n) is 16.8. The summed E-state index contributed by atoms with van der Waals surface area (Å²) in [6.07, 6.45) is 0. The second-order valence-corrected chi connectivity index (χ2v) is 19.0. The third-order valence-corrected chi connectivity index (χ3v) is 15.7. The van der Waals surface area contributed by atoms with Crippen LogP contribution in [0, 0.1) is 0 Å². The molecule has 10 aromatic carbocycles. The van der Waals surface area contributed by atoms with Gasteiger partial charge in [0, 0.05) is 57.4 Å². The van der Waals surface area contributed by atoms with Crippen molar-refractivity contribution < 1.29 is 0 Å². The maximum absolute atomic E-state index is 2.40. The molecule has 0 spiro atoms. The molecule has 0 saturated heterocycles. The van der Waals surface area contributed by atoms with Crippen LogP contribution in [0.15, 0.2) is 237 Å². The Morgan fingerprint density at radius 2 is 0.656 bits per heavy atom. The van der Waals surface area contributed by atoms with Crippen LogP contribution in [-0.4, -0.2) is 0 Å². The van der Waals surface area contributed by atoms with Crippen LogP contribution in [0.4, 0.5) is 17.1 Å². The molecule has 3 heteroatoms. The van der Waals surface area contributed by atoms with Gasteiger partial charge >= 0.3 is 0 Å². The van der Waals surface area contributed by atoms with Crippen LogP contribution in [0.2, 0.25) is 0 Å². The Labute approximate surface area is 380 Å². The third-order valence-electron chi connectivity index (χ3n) is 13.4. The summed E-state index contributed by atoms with van der Waals surface area (Å²) in [6, 6.07) is 87.8. The van der Waals surface area contributed by atoms with Gasteiger partial charge in [0.2, 0.25) is 0 Å². The minimum Gasteiger partial charge on any atom is -0.311 e. The van der Waals surface area contributed by atoms with Gasteiger partial charge in [-0.25, -0.2) is 0 Å². The molecule has 1 nitrogen and oxygen atoms in total. The van der Waals surface area contributed by atoms with E-state index in [4.69, 9.17) is 0 Å². The van der Waals surface area contributed by atoms with Crippen molar-refractivity contribution in [3.8, 4) is 33.4 Å². The van der Waals surface area contributed by atoms with Gasteiger partial charge in [0.05, 0.1) is 5.41 Å². The molecule has 2 aromatic heterocycles. The predicted octanol–water partition coefficient (Wildman–Crippen LogP) is 17.6. The lowest BCUT2D eigenvalue weighted by atomic mass is 9.68. The summed E-state index contributed by atoms with van der Waals surface area (Å²) in [5, 5.41) is 5.27. The van der Waals surface area contributed by atoms with Gasteiger partial charge in [-0.15, -0.1) is 22.7 Å². The molecule has 0 radical (unpaired) electrons. The lowest BCUT2D eigenvalue weighted by Gasteiger charge is -2.34. The van der Waals surface area contributed by atoms with Gasteiger partial charge in [0.15, 0.2) is 0 Å². The van der Waals surface area contributed by atoms with E-state index in [1.807, 2.05) is 22.7 Å². The summed E-state index contributed by atoms with van der Waals surface area (Å²) in [5.74, 6) is 0. The minimum absolute atomic E-state index is 0.454. The predicted molar refractivity (Wildman–Crippen MR) is 275 cm³/mol. The van der Waals surface area contributed by atoms with Crippen molar-refractivity contribution in [2.45, 2.75) is 5.41 Å². The van der Waals surface area contributed by atoms with Gasteiger partial charge < -0.3 is 4.90 Å². The van der Waals surface area contributed by atoms with Gasteiger partial charge in [-0.05, 0) is 128 Å². The fourth-order valence-electron chi connectivity index (χ4n) is 10.4. The quantitative estimate of drug-likeness (QED) is 0.154. The van der Waals surface area contributed by atoms with Gasteiger partial charge in [-0.1, -0.05) is 164 Å². The van der Waals surface area contributed by atoms with Gasteiger partial charge in [-0.2, -0.15) is 0 Å². The molecule has 0 N–H and O–H groups in total. The first kappa shape index (κ1) is 37.0. The number of rotatable bonds is 7. The highest BCUT2D eigenvalue weighted by Crippen LogP contribution is 2.56. The summed E-state index contributed by atoms with van der Waals surface area (Å²) in [7, 11) is 0. The molecule has 0 bridgehead atoms. The number of nitrogens with zero attached hydrogens (tertiary/aromatic N) is 1. The van der Waals surface area contributed by atoms with Gasteiger partial charge in [-0.3, -0.25) is 0 Å². The summed E-state index contributed by atoms with van der Waals surface area (Å²) < 4.78 is 5.30. The van der Waals surface area contributed by atoms with Crippen LogP contribution in [0.25, 0.3) is 73.7 Å². The van der Waals surface area contributed by atoms with Gasteiger partial charge in [0.25, 0.3) is 0 Å². The smallest absolute Gasteiger partial charge is 0.0713 e. The van der Waals surface area contributed by atoms with Crippen molar-refractivity contribution >= 4 is 80.1 Å². The van der Waals surface area contributed by atoms with Crippen molar-refractivity contribution in [3.63, 3.8) is 0 Å². The number of hydrogen-bond acceptors (Lipinski definition) is 3. The minimum atomic E-state index is -0.454. The maximum atomic E-state index is 2.40. The zero-order valence-corrected chi connectivity index (χ0v) is 36.4. The van der Waals surface area contributed by atoms with Crippen molar-refractivity contribution in [2.75, 3.05) is 4.90 Å². The van der Waals surface area contributed by atoms with Crippen LogP contribution in [-0.2, 0) is 5.41 Å². The zero-order valence-electron chi connectivity index (χ0n) is 34.8. The molecule has 0 saturated carbocycles. The molecule has 1 aliphatic carbocycles. The van der Waals surface area contributed by atoms with E-state index in [1.165, 1.54) is 96.0 Å². The molecule has 0 atom stereocenters. The van der Waals surface area contributed by atoms with E-state index in [-0.39, 0.29) is 0 Å². The molecule has 0 aliphatic heterocycles. The molecule has 300 valence electrons. The SMILES string of the molecule is c1ccc(C2(c3ccc(N(c4ccc(-c5ccc6sc7ccccc7c6c5)cc4)c4ccc(-c5ccc6sc7ccccc7c6c5)cc4)cc3)c3ccccc3-c3ccccc32)cc1. The van der Waals surface area contributed by atoms with Crippen molar-refractivity contribution in [1.29, 1.82) is 0 Å². The molecule has 2 heterocycles. The van der Waals surface area contributed by atoms with E-state index in [9.17, 15) is 0 Å². The number of anilines is 3. The Balaban J connectivity index is 0.928. The van der Waals surface area contributed by atoms with Crippen LogP contribution in [0.5, 0.6) is 0 Å². The highest BCUT2D eigenvalue weighted by Gasteiger charge is 2.45. The largest absolute Gasteiger partial charge is 0.311 e. The number of fused-ring (bicyclic) bond motifs is 9. The average molecular weight is 850 g/mol. The summed E-state index contributed by atoms with van der Waals surface area (Å²) in [4.78, 5) is 2.40. The number of benzene rings is 10. The van der Waals surface area contributed by atoms with Crippen molar-refractivity contribution in [3.05, 3.63) is 259 Å². The summed E-state index contributed by atoms with van der Waals surface area (Å²) >= 11 is 3.72. The maximum Gasteiger partial charge on any atom is 0.0713 e. The molecule has 0 unspecified atom stereocenters. The van der Waals surface area contributed by atoms with Crippen molar-refractivity contribution in [1.82, 2.24) is 0 Å². The zero-order chi connectivity index (χ0) is 42.2. The first-order chi connectivity index (χ1) is 31.7. The normalized spacial score (nSPS) is 12.8. The van der Waals surface area contributed by atoms with E-state index < -0.39 is 5.41 Å². The Morgan fingerprint density at radius 3 is 1.16 bits per heavy atom. The summed E-state index contributed by atoms with van der Waals surface area (Å²) in [6.45, 7) is 0. The molecule has 13 rings (SSSR count). The lowest BCUT2D eigenvalue weighted by Crippen LogP contribution is -2.28. The average Bonchev–Trinajstić information content (AvgIpc) is 4.03. The molecule has 1 aliphatic rings. The van der Waals surface area contributed by atoms with Crippen LogP contribution >= 0.6 is 22.7 Å². The third kappa shape index (κ3) is 5.75. The van der Waals surface area contributed by atoms with E-state index in [0.717, 1.165) is 17.1 Å². The first-order valence-corrected chi connectivity index (χ1v) is 23.5. The first-order valence-electron chi connectivity index (χ1n) is 21.9. The summed E-state index contributed by atoms with van der Waals surface area (Å²) in [5.41, 5.74) is 15.5. The van der Waals surface area contributed by atoms with Gasteiger partial charge in [0.1, 0.15) is 0 Å². The lowest BCUT2D eigenvalue weighted by molar-refractivity contribution is 0.768. The number of hydrogen-bond donors (Lipinski definition) is 0. The Kier molecular flexibility index (Phi) is 8.55. The Bertz CT molecular complexity index is 3510. The van der Waals surface area contributed by atoms with Crippen LogP contribution < -0.4 is 4.90 Å². The molecular weight excluding hydrogens is 811 g/mol. The van der Waals surface area contributed by atoms with E-state index in [2.05, 4.69) is 241 Å². The van der Waals surface area contributed by atoms with E-state index >= 15 is 0 Å². The topological polar surface area (TPSA) is 3.24 Å². The highest BCUT2D eigenvalue weighted by molar-refractivity contribution is 7.26. The molecular formula is C61H39NS2. The Morgan fingerprint density at radius 1 is 0.281 bits per heavy atom. The molecule has 12 aromatic rings. The fourth-order valence-corrected chi connectivity index (χ4v) is 12.6. The van der Waals surface area contributed by atoms with Crippen LogP contribution in [0.1, 0.15) is 22.3 Å². The monoisotopic (exact) mass is 849 g/mol. The Hall–Kier alpha value is -7.56. The van der Waals surface area contributed by atoms with E-state index in [0.29, 0.717) is 0 Å². The highest BCUT2D eigenvalue weighted by atomic mass is 32.1. The van der Waals surface area contributed by atoms with E-state index in [1.54, 1.807) is 0 Å². The standard InChI is InChI=1S/C61H39NS2/c1-2-12-44(13-3-1)61(55-18-8-4-14-49(55)50-15-5-9-19-56(50)61)45-28-34-48(35-29-45)62(46-30-22-40(23-31-46)42-26-36-59-53(38-42)51-16-6-10-20-57(51)63-59)47-32-24-41(25-33-47)43-27-37-60-54(39-43)52-17-7-11-21-58(52)64-60/h1-39H. The fraction of sp³-hybridized carbons (Fsp3) is 0.0164. The van der Waals surface area contributed by atoms with Crippen molar-refractivity contribution in [2.24, 2.45) is 0 Å². The molecule has 0 fully saturated rings. The molecule has 0 amide bonds. The number of thiophene rings is 2.